The van der Waals surface area contributed by atoms with Crippen molar-refractivity contribution in [2.75, 3.05) is 25.9 Å². The Morgan fingerprint density at radius 3 is 2.33 bits per heavy atom. The highest BCUT2D eigenvalue weighted by molar-refractivity contribution is 7.90. The molecule has 1 N–H and O–H groups in total. The number of nitrogens with zero attached hydrogens (tertiary/aromatic N) is 1. The molecule has 1 saturated carbocycles. The summed E-state index contributed by atoms with van der Waals surface area (Å²) in [6.45, 7) is 3.03. The number of halogens is 2. The van der Waals surface area contributed by atoms with Crippen LogP contribution in [0.5, 0.6) is 5.75 Å². The molecule has 0 radical (unpaired) electrons. The number of hydrogen-bond acceptors (Lipinski definition) is 5. The van der Waals surface area contributed by atoms with Crippen LogP contribution >= 0.6 is 11.6 Å². The maximum Gasteiger partial charge on any atom is 0.251 e. The van der Waals surface area contributed by atoms with Crippen molar-refractivity contribution in [2.45, 2.75) is 62.0 Å². The van der Waals surface area contributed by atoms with Gasteiger partial charge in [-0.3, -0.25) is 4.79 Å². The molecule has 2 aromatic rings. The average molecular weight is 537 g/mol. The lowest BCUT2D eigenvalue weighted by Crippen LogP contribution is -2.40. The van der Waals surface area contributed by atoms with E-state index in [2.05, 4.69) is 10.2 Å². The number of nitrogens with one attached hydrogen (secondary N) is 1. The molecule has 0 unspecified atom stereocenters. The lowest BCUT2D eigenvalue weighted by molar-refractivity contribution is 0.0897. The molecule has 0 atom stereocenters. The number of amides is 1. The third kappa shape index (κ3) is 7.43. The first-order valence-corrected chi connectivity index (χ1v) is 14.9. The number of benzene rings is 2. The van der Waals surface area contributed by atoms with Crippen LogP contribution in [0.4, 0.5) is 4.39 Å². The van der Waals surface area contributed by atoms with Gasteiger partial charge in [-0.15, -0.1) is 0 Å². The maximum atomic E-state index is 13.2. The smallest absolute Gasteiger partial charge is 0.251 e. The summed E-state index contributed by atoms with van der Waals surface area (Å²) in [7, 11) is -3.27. The number of carbonyl (C=O) groups excluding carboxylic acids is 1. The van der Waals surface area contributed by atoms with Gasteiger partial charge in [-0.1, -0.05) is 11.6 Å². The summed E-state index contributed by atoms with van der Waals surface area (Å²) in [5.74, 6) is 0.704. The second-order valence-corrected chi connectivity index (χ2v) is 12.4. The van der Waals surface area contributed by atoms with Crippen LogP contribution in [0.15, 0.2) is 47.4 Å². The first-order chi connectivity index (χ1) is 17.2. The predicted octanol–water partition coefficient (Wildman–Crippen LogP) is 5.10. The molecule has 1 aliphatic heterocycles. The summed E-state index contributed by atoms with van der Waals surface area (Å²) in [5.41, 5.74) is 0.485. The molecule has 0 spiro atoms. The number of ether oxygens (including phenoxy) is 1. The van der Waals surface area contributed by atoms with E-state index in [9.17, 15) is 17.6 Å². The standard InChI is InChI=1S/C27H34ClFN2O4S/c1-36(33,34)24-9-4-20(5-10-24)27(32)30-22-7-2-19(3-8-22)12-15-31-16-13-23(14-17-31)35-26-11-6-21(29)18-25(26)28/h4-6,9-11,18-19,22-23H,2-3,7-8,12-17H2,1H3,(H,30,32). The first-order valence-electron chi connectivity index (χ1n) is 12.6. The van der Waals surface area contributed by atoms with E-state index in [1.807, 2.05) is 0 Å². The van der Waals surface area contributed by atoms with Crippen molar-refractivity contribution in [3.63, 3.8) is 0 Å². The lowest BCUT2D eigenvalue weighted by atomic mass is 9.84. The largest absolute Gasteiger partial charge is 0.489 e. The van der Waals surface area contributed by atoms with Crippen molar-refractivity contribution in [1.29, 1.82) is 0 Å². The SMILES string of the molecule is CS(=O)(=O)c1ccc(C(=O)NC2CCC(CCN3CCC(Oc4ccc(F)cc4Cl)CC3)CC2)cc1. The van der Waals surface area contributed by atoms with E-state index < -0.39 is 9.84 Å². The minimum atomic E-state index is -3.27. The van der Waals surface area contributed by atoms with Gasteiger partial charge in [-0.25, -0.2) is 12.8 Å². The highest BCUT2D eigenvalue weighted by Gasteiger charge is 2.25. The monoisotopic (exact) mass is 536 g/mol. The predicted molar refractivity (Wildman–Crippen MR) is 139 cm³/mol. The zero-order valence-corrected chi connectivity index (χ0v) is 22.2. The van der Waals surface area contributed by atoms with E-state index in [4.69, 9.17) is 16.3 Å². The number of carbonyl (C=O) groups is 1. The molecule has 2 aliphatic rings. The van der Waals surface area contributed by atoms with Gasteiger partial charge in [0.2, 0.25) is 0 Å². The van der Waals surface area contributed by atoms with Gasteiger partial charge in [0.15, 0.2) is 9.84 Å². The zero-order valence-electron chi connectivity index (χ0n) is 20.6. The Morgan fingerprint density at radius 1 is 1.06 bits per heavy atom. The Morgan fingerprint density at radius 2 is 1.72 bits per heavy atom. The molecule has 36 heavy (non-hydrogen) atoms. The Labute approximate surface area is 218 Å². The Kier molecular flexibility index (Phi) is 8.91. The summed E-state index contributed by atoms with van der Waals surface area (Å²) < 4.78 is 42.4. The summed E-state index contributed by atoms with van der Waals surface area (Å²) >= 11 is 6.08. The first kappa shape index (κ1) is 26.9. The average Bonchev–Trinajstić information content (AvgIpc) is 2.86. The fraction of sp³-hybridized carbons (Fsp3) is 0.519. The molecule has 9 heteroatoms. The Hall–Kier alpha value is -2.16. The fourth-order valence-corrected chi connectivity index (χ4v) is 5.93. The third-order valence-corrected chi connectivity index (χ3v) is 8.73. The third-order valence-electron chi connectivity index (χ3n) is 7.30. The number of rotatable bonds is 8. The molecule has 2 fully saturated rings. The van der Waals surface area contributed by atoms with Crippen LogP contribution < -0.4 is 10.1 Å². The van der Waals surface area contributed by atoms with Crippen LogP contribution in [0.2, 0.25) is 5.02 Å². The van der Waals surface area contributed by atoms with Crippen molar-refractivity contribution in [1.82, 2.24) is 10.2 Å². The van der Waals surface area contributed by atoms with Crippen molar-refractivity contribution in [3.8, 4) is 5.75 Å². The molecule has 1 saturated heterocycles. The minimum Gasteiger partial charge on any atom is -0.489 e. The molecule has 2 aromatic carbocycles. The quantitative estimate of drug-likeness (QED) is 0.507. The van der Waals surface area contributed by atoms with Crippen LogP contribution in [0.1, 0.15) is 55.3 Å². The summed E-state index contributed by atoms with van der Waals surface area (Å²) in [6, 6.07) is 10.5. The number of likely N-dealkylation sites (tertiary alicyclic amines) is 1. The summed E-state index contributed by atoms with van der Waals surface area (Å²) in [5, 5.41) is 3.42. The van der Waals surface area contributed by atoms with Crippen LogP contribution in [0.25, 0.3) is 0 Å². The number of piperidine rings is 1. The van der Waals surface area contributed by atoms with E-state index in [1.165, 1.54) is 24.3 Å². The molecule has 6 nitrogen and oxygen atoms in total. The van der Waals surface area contributed by atoms with Crippen molar-refractivity contribution in [2.24, 2.45) is 5.92 Å². The van der Waals surface area contributed by atoms with E-state index in [-0.39, 0.29) is 28.8 Å². The highest BCUT2D eigenvalue weighted by Crippen LogP contribution is 2.30. The zero-order chi connectivity index (χ0) is 25.7. The topological polar surface area (TPSA) is 75.7 Å². The van der Waals surface area contributed by atoms with Crippen molar-refractivity contribution < 1.29 is 22.3 Å². The normalized spacial score (nSPS) is 21.8. The van der Waals surface area contributed by atoms with Gasteiger partial charge < -0.3 is 15.0 Å². The molecule has 1 amide bonds. The van der Waals surface area contributed by atoms with Crippen molar-refractivity contribution >= 4 is 27.3 Å². The van der Waals surface area contributed by atoms with Gasteiger partial charge in [0, 0.05) is 31.0 Å². The summed E-state index contributed by atoms with van der Waals surface area (Å²) in [4.78, 5) is 15.3. The molecular formula is C27H34ClFN2O4S. The molecule has 196 valence electrons. The second-order valence-electron chi connectivity index (χ2n) is 10.0. The molecule has 1 aliphatic carbocycles. The molecule has 0 aromatic heterocycles. The van der Waals surface area contributed by atoms with Gasteiger partial charge in [0.25, 0.3) is 5.91 Å². The summed E-state index contributed by atoms with van der Waals surface area (Å²) in [6.07, 6.45) is 8.40. The van der Waals surface area contributed by atoms with E-state index >= 15 is 0 Å². The Balaban J connectivity index is 1.13. The van der Waals surface area contributed by atoms with Gasteiger partial charge in [0.1, 0.15) is 17.7 Å². The van der Waals surface area contributed by atoms with E-state index in [1.54, 1.807) is 18.2 Å². The van der Waals surface area contributed by atoms with Crippen LogP contribution in [0.3, 0.4) is 0 Å². The molecule has 4 rings (SSSR count). The highest BCUT2D eigenvalue weighted by atomic mass is 35.5. The number of sulfone groups is 1. The van der Waals surface area contributed by atoms with Gasteiger partial charge in [-0.2, -0.15) is 0 Å². The van der Waals surface area contributed by atoms with Crippen LogP contribution in [-0.2, 0) is 9.84 Å². The molecule has 1 heterocycles. The van der Waals surface area contributed by atoms with E-state index in [0.717, 1.165) is 70.8 Å². The van der Waals surface area contributed by atoms with Gasteiger partial charge in [-0.05, 0) is 99.9 Å². The Bertz CT molecular complexity index is 1140. The molecular weight excluding hydrogens is 503 g/mol. The van der Waals surface area contributed by atoms with E-state index in [0.29, 0.717) is 22.3 Å². The maximum absolute atomic E-state index is 13.2. The second kappa shape index (κ2) is 11.9. The van der Waals surface area contributed by atoms with Crippen molar-refractivity contribution in [3.05, 3.63) is 58.9 Å². The minimum absolute atomic E-state index is 0.103. The van der Waals surface area contributed by atoms with Crippen LogP contribution in [0, 0.1) is 11.7 Å². The van der Waals surface area contributed by atoms with Gasteiger partial charge in [0.05, 0.1) is 9.92 Å². The molecule has 0 bridgehead atoms. The van der Waals surface area contributed by atoms with Gasteiger partial charge >= 0.3 is 0 Å². The van der Waals surface area contributed by atoms with Crippen LogP contribution in [-0.4, -0.2) is 57.3 Å². The lowest BCUT2D eigenvalue weighted by Gasteiger charge is -2.34. The number of hydrogen-bond donors (Lipinski definition) is 1. The fourth-order valence-electron chi connectivity index (χ4n) is 5.08.